The number of rotatable bonds is 6. The second kappa shape index (κ2) is 7.02. The molecule has 2 nitrogen and oxygen atoms in total. The second-order valence-corrected chi connectivity index (χ2v) is 6.94. The molecule has 1 N–H and O–H groups in total. The molecule has 2 rings (SSSR count). The van der Waals surface area contributed by atoms with Crippen molar-refractivity contribution < 1.29 is 4.74 Å². The minimum atomic E-state index is -0.0899. The highest BCUT2D eigenvalue weighted by molar-refractivity contribution is 7.09. The van der Waals surface area contributed by atoms with E-state index in [0.717, 1.165) is 13.1 Å². The zero-order chi connectivity index (χ0) is 14.4. The van der Waals surface area contributed by atoms with Crippen molar-refractivity contribution in [3.8, 4) is 0 Å². The van der Waals surface area contributed by atoms with Crippen LogP contribution < -0.4 is 5.32 Å². The van der Waals surface area contributed by atoms with Gasteiger partial charge in [-0.25, -0.2) is 0 Å². The van der Waals surface area contributed by atoms with E-state index in [1.165, 1.54) is 16.0 Å². The molecule has 1 aromatic carbocycles. The number of nitrogens with one attached hydrogen (secondary N) is 1. The van der Waals surface area contributed by atoms with Crippen LogP contribution in [0.25, 0.3) is 0 Å². The molecule has 0 fully saturated rings. The van der Waals surface area contributed by atoms with E-state index in [-0.39, 0.29) is 5.60 Å². The van der Waals surface area contributed by atoms with Gasteiger partial charge in [0.25, 0.3) is 0 Å². The molecule has 0 aliphatic carbocycles. The molecule has 108 valence electrons. The monoisotopic (exact) mass is 289 g/mol. The normalized spacial score (nSPS) is 11.8. The summed E-state index contributed by atoms with van der Waals surface area (Å²) in [5, 5.41) is 5.59. The fraction of sp³-hybridized carbons (Fsp3) is 0.412. The van der Waals surface area contributed by atoms with Crippen molar-refractivity contribution in [3.63, 3.8) is 0 Å². The third kappa shape index (κ3) is 5.45. The Balaban J connectivity index is 1.83. The van der Waals surface area contributed by atoms with Gasteiger partial charge in [0.1, 0.15) is 0 Å². The summed E-state index contributed by atoms with van der Waals surface area (Å²) < 4.78 is 5.82. The van der Waals surface area contributed by atoms with Crippen molar-refractivity contribution >= 4 is 11.3 Å². The summed E-state index contributed by atoms with van der Waals surface area (Å²) in [5.74, 6) is 0. The summed E-state index contributed by atoms with van der Waals surface area (Å²) in [4.78, 5) is 1.37. The molecule has 0 aliphatic rings. The minimum absolute atomic E-state index is 0.0899. The summed E-state index contributed by atoms with van der Waals surface area (Å²) in [6, 6.07) is 12.8. The molecule has 0 atom stereocenters. The van der Waals surface area contributed by atoms with Gasteiger partial charge in [-0.1, -0.05) is 30.3 Å². The molecule has 0 spiro atoms. The Morgan fingerprint density at radius 1 is 1.05 bits per heavy atom. The molecule has 3 heteroatoms. The zero-order valence-electron chi connectivity index (χ0n) is 12.5. The Labute approximate surface area is 125 Å². The topological polar surface area (TPSA) is 21.3 Å². The van der Waals surface area contributed by atoms with Gasteiger partial charge in [0, 0.05) is 18.0 Å². The lowest BCUT2D eigenvalue weighted by molar-refractivity contribution is -0.0149. The van der Waals surface area contributed by atoms with Crippen molar-refractivity contribution in [1.82, 2.24) is 5.32 Å². The molecule has 0 radical (unpaired) electrons. The zero-order valence-corrected chi connectivity index (χ0v) is 13.3. The molecule has 2 aromatic rings. The van der Waals surface area contributed by atoms with Crippen LogP contribution in [-0.4, -0.2) is 5.60 Å². The minimum Gasteiger partial charge on any atom is -0.371 e. The highest BCUT2D eigenvalue weighted by atomic mass is 32.1. The van der Waals surface area contributed by atoms with Gasteiger partial charge in [-0.05, 0) is 43.3 Å². The number of ether oxygens (including phenoxy) is 1. The SMILES string of the molecule is CC(C)(C)OCc1cccc(CNCc2cccs2)c1. The molecular formula is C17H23NOS. The smallest absolute Gasteiger partial charge is 0.0724 e. The van der Waals surface area contributed by atoms with E-state index < -0.39 is 0 Å². The molecule has 0 bridgehead atoms. The standard InChI is InChI=1S/C17H23NOS/c1-17(2,3)19-13-15-7-4-6-14(10-15)11-18-12-16-8-5-9-20-16/h4-10,18H,11-13H2,1-3H3. The fourth-order valence-corrected chi connectivity index (χ4v) is 2.55. The van der Waals surface area contributed by atoms with Crippen molar-refractivity contribution in [2.75, 3.05) is 0 Å². The first-order valence-electron chi connectivity index (χ1n) is 6.98. The van der Waals surface area contributed by atoms with Crippen LogP contribution in [0.2, 0.25) is 0 Å². The lowest BCUT2D eigenvalue weighted by Gasteiger charge is -2.19. The Bertz CT molecular complexity index is 514. The first-order valence-corrected chi connectivity index (χ1v) is 7.86. The summed E-state index contributed by atoms with van der Waals surface area (Å²) >= 11 is 1.79. The van der Waals surface area contributed by atoms with E-state index in [1.807, 2.05) is 0 Å². The van der Waals surface area contributed by atoms with Crippen molar-refractivity contribution in [3.05, 3.63) is 57.8 Å². The maximum absolute atomic E-state index is 5.82. The Morgan fingerprint density at radius 3 is 2.55 bits per heavy atom. The average Bonchev–Trinajstić information content (AvgIpc) is 2.89. The summed E-state index contributed by atoms with van der Waals surface area (Å²) in [6.07, 6.45) is 0. The second-order valence-electron chi connectivity index (χ2n) is 5.90. The van der Waals surface area contributed by atoms with Gasteiger partial charge >= 0.3 is 0 Å². The van der Waals surface area contributed by atoms with E-state index in [0.29, 0.717) is 6.61 Å². The Kier molecular flexibility index (Phi) is 5.35. The summed E-state index contributed by atoms with van der Waals surface area (Å²) in [7, 11) is 0. The van der Waals surface area contributed by atoms with Gasteiger partial charge in [-0.15, -0.1) is 11.3 Å². The average molecular weight is 289 g/mol. The van der Waals surface area contributed by atoms with Crippen LogP contribution in [0, 0.1) is 0 Å². The first kappa shape index (κ1) is 15.2. The maximum atomic E-state index is 5.82. The highest BCUT2D eigenvalue weighted by Crippen LogP contribution is 2.13. The fourth-order valence-electron chi connectivity index (χ4n) is 1.87. The third-order valence-electron chi connectivity index (χ3n) is 2.87. The number of hydrogen-bond acceptors (Lipinski definition) is 3. The van der Waals surface area contributed by atoms with Gasteiger partial charge in [0.05, 0.1) is 12.2 Å². The molecule has 1 heterocycles. The van der Waals surface area contributed by atoms with E-state index in [2.05, 4.69) is 67.9 Å². The summed E-state index contributed by atoms with van der Waals surface area (Å²) in [6.45, 7) is 8.74. The lowest BCUT2D eigenvalue weighted by atomic mass is 10.1. The Morgan fingerprint density at radius 2 is 1.85 bits per heavy atom. The molecular weight excluding hydrogens is 266 g/mol. The van der Waals surface area contributed by atoms with Gasteiger partial charge in [-0.3, -0.25) is 0 Å². The first-order chi connectivity index (χ1) is 9.53. The molecule has 0 unspecified atom stereocenters. The highest BCUT2D eigenvalue weighted by Gasteiger charge is 2.09. The summed E-state index contributed by atoms with van der Waals surface area (Å²) in [5.41, 5.74) is 2.44. The Hall–Kier alpha value is -1.16. The van der Waals surface area contributed by atoms with Crippen molar-refractivity contribution in [2.45, 2.75) is 46.1 Å². The van der Waals surface area contributed by atoms with Crippen LogP contribution in [-0.2, 0) is 24.4 Å². The third-order valence-corrected chi connectivity index (χ3v) is 3.75. The van der Waals surface area contributed by atoms with E-state index in [1.54, 1.807) is 11.3 Å². The quantitative estimate of drug-likeness (QED) is 0.853. The van der Waals surface area contributed by atoms with Gasteiger partial charge < -0.3 is 10.1 Å². The predicted octanol–water partition coefficient (Wildman–Crippen LogP) is 4.35. The number of thiophene rings is 1. The van der Waals surface area contributed by atoms with Crippen LogP contribution in [0.1, 0.15) is 36.8 Å². The molecule has 0 saturated carbocycles. The van der Waals surface area contributed by atoms with Crippen LogP contribution in [0.5, 0.6) is 0 Å². The molecule has 0 amide bonds. The maximum Gasteiger partial charge on any atom is 0.0724 e. The van der Waals surface area contributed by atoms with Crippen molar-refractivity contribution in [1.29, 1.82) is 0 Å². The van der Waals surface area contributed by atoms with E-state index >= 15 is 0 Å². The number of hydrogen-bond donors (Lipinski definition) is 1. The number of benzene rings is 1. The molecule has 0 aliphatic heterocycles. The lowest BCUT2D eigenvalue weighted by Crippen LogP contribution is -2.18. The predicted molar refractivity (Wildman–Crippen MR) is 85.8 cm³/mol. The van der Waals surface area contributed by atoms with Crippen LogP contribution in [0.3, 0.4) is 0 Å². The van der Waals surface area contributed by atoms with Crippen LogP contribution in [0.15, 0.2) is 41.8 Å². The molecule has 20 heavy (non-hydrogen) atoms. The van der Waals surface area contributed by atoms with Gasteiger partial charge in [-0.2, -0.15) is 0 Å². The molecule has 0 saturated heterocycles. The van der Waals surface area contributed by atoms with E-state index in [9.17, 15) is 0 Å². The van der Waals surface area contributed by atoms with Gasteiger partial charge in [0.2, 0.25) is 0 Å². The van der Waals surface area contributed by atoms with Gasteiger partial charge in [0.15, 0.2) is 0 Å². The van der Waals surface area contributed by atoms with E-state index in [4.69, 9.17) is 4.74 Å². The largest absolute Gasteiger partial charge is 0.371 e. The molecule has 1 aromatic heterocycles. The van der Waals surface area contributed by atoms with Crippen LogP contribution in [0.4, 0.5) is 0 Å². The van der Waals surface area contributed by atoms with Crippen LogP contribution >= 0.6 is 11.3 Å². The van der Waals surface area contributed by atoms with Crippen molar-refractivity contribution in [2.24, 2.45) is 0 Å².